The third-order valence-corrected chi connectivity index (χ3v) is 8.53. The molecule has 0 radical (unpaired) electrons. The van der Waals surface area contributed by atoms with Crippen LogP contribution in [0.2, 0.25) is 0 Å². The number of unbranched alkanes of at least 4 members (excludes halogenated alkanes) is 11. The summed E-state index contributed by atoms with van der Waals surface area (Å²) in [4.78, 5) is 12.8. The van der Waals surface area contributed by atoms with Crippen LogP contribution in [0.5, 0.6) is 11.6 Å². The highest BCUT2D eigenvalue weighted by Crippen LogP contribution is 2.42. The van der Waals surface area contributed by atoms with Crippen molar-refractivity contribution in [2.75, 3.05) is 6.61 Å². The van der Waals surface area contributed by atoms with Crippen LogP contribution in [0.25, 0.3) is 11.3 Å². The zero-order valence-corrected chi connectivity index (χ0v) is 25.5. The largest absolute Gasteiger partial charge is 0.494 e. The van der Waals surface area contributed by atoms with Crippen LogP contribution in [0.3, 0.4) is 0 Å². The molecule has 0 bridgehead atoms. The minimum atomic E-state index is -0.279. The van der Waals surface area contributed by atoms with Gasteiger partial charge in [-0.1, -0.05) is 90.9 Å². The number of nitrogens with zero attached hydrogens (tertiary/aromatic N) is 3. The molecule has 6 nitrogen and oxygen atoms in total. The normalized spacial score (nSPS) is 18.5. The SMILES string of the molecule is CCCCCCCCCCOc1ccc(-c2ccc(OC(=O)[C@H]3CC[C@@](C#N)(CCCCCCC)CC3)nn2)cc1. The predicted molar refractivity (Wildman–Crippen MR) is 165 cm³/mol. The Bertz CT molecular complexity index is 1040. The molecule has 0 unspecified atom stereocenters. The second-order valence-corrected chi connectivity index (χ2v) is 11.9. The number of benzene rings is 1. The van der Waals surface area contributed by atoms with E-state index in [0.717, 1.165) is 55.7 Å². The Labute approximate surface area is 248 Å². The Kier molecular flexibility index (Phi) is 14.7. The van der Waals surface area contributed by atoms with Gasteiger partial charge < -0.3 is 9.47 Å². The molecule has 1 aliphatic carbocycles. The summed E-state index contributed by atoms with van der Waals surface area (Å²) in [5.41, 5.74) is 1.37. The molecular weight excluding hydrogens is 510 g/mol. The van der Waals surface area contributed by atoms with Crippen LogP contribution in [-0.2, 0) is 4.79 Å². The highest BCUT2D eigenvalue weighted by Gasteiger charge is 2.38. The van der Waals surface area contributed by atoms with Gasteiger partial charge >= 0.3 is 5.97 Å². The summed E-state index contributed by atoms with van der Waals surface area (Å²) < 4.78 is 11.5. The standard InChI is InChI=1S/C35H51N3O3/c1-3-5-7-9-10-11-13-15-27-40-31-18-16-29(17-19-31)32-20-21-33(38-37-32)41-34(39)30-22-25-35(28-36,26-23-30)24-14-12-8-6-4-2/h16-21,30H,3-15,22-27H2,1-2H3/t30-,35-. The van der Waals surface area contributed by atoms with Gasteiger partial charge in [0, 0.05) is 11.6 Å². The Morgan fingerprint density at radius 3 is 2.02 bits per heavy atom. The van der Waals surface area contributed by atoms with Crippen molar-refractivity contribution in [2.24, 2.45) is 11.3 Å². The number of esters is 1. The molecule has 2 aromatic rings. The van der Waals surface area contributed by atoms with Gasteiger partial charge in [0.1, 0.15) is 5.75 Å². The van der Waals surface area contributed by atoms with Gasteiger partial charge in [0.15, 0.2) is 0 Å². The molecule has 0 saturated heterocycles. The molecule has 0 spiro atoms. The van der Waals surface area contributed by atoms with Crippen molar-refractivity contribution in [3.05, 3.63) is 36.4 Å². The van der Waals surface area contributed by atoms with Crippen LogP contribution in [0.4, 0.5) is 0 Å². The van der Waals surface area contributed by atoms with Crippen molar-refractivity contribution in [1.29, 1.82) is 5.26 Å². The topological polar surface area (TPSA) is 85.1 Å². The summed E-state index contributed by atoms with van der Waals surface area (Å²) >= 11 is 0. The lowest BCUT2D eigenvalue weighted by molar-refractivity contribution is -0.141. The van der Waals surface area contributed by atoms with Crippen LogP contribution in [0, 0.1) is 22.7 Å². The van der Waals surface area contributed by atoms with Gasteiger partial charge in [0.05, 0.1) is 29.7 Å². The lowest BCUT2D eigenvalue weighted by Gasteiger charge is -2.34. The fraction of sp³-hybridized carbons (Fsp3) is 0.657. The van der Waals surface area contributed by atoms with E-state index in [2.05, 4.69) is 30.1 Å². The van der Waals surface area contributed by atoms with Gasteiger partial charge in [-0.05, 0) is 68.9 Å². The number of ether oxygens (including phenoxy) is 2. The smallest absolute Gasteiger partial charge is 0.315 e. The average Bonchev–Trinajstić information content (AvgIpc) is 3.01. The summed E-state index contributed by atoms with van der Waals surface area (Å²) in [7, 11) is 0. The number of nitriles is 1. The van der Waals surface area contributed by atoms with E-state index in [1.54, 1.807) is 6.07 Å². The van der Waals surface area contributed by atoms with Gasteiger partial charge in [0.25, 0.3) is 0 Å². The average molecular weight is 562 g/mol. The molecule has 1 aromatic carbocycles. The van der Waals surface area contributed by atoms with Crippen molar-refractivity contribution in [3.8, 4) is 29.0 Å². The fourth-order valence-electron chi connectivity index (χ4n) is 5.75. The Balaban J connectivity index is 1.37. The second-order valence-electron chi connectivity index (χ2n) is 11.9. The molecule has 0 N–H and O–H groups in total. The third kappa shape index (κ3) is 11.5. The predicted octanol–water partition coefficient (Wildman–Crippen LogP) is 9.63. The van der Waals surface area contributed by atoms with E-state index in [0.29, 0.717) is 12.8 Å². The molecule has 1 heterocycles. The quantitative estimate of drug-likeness (QED) is 0.125. The first-order chi connectivity index (χ1) is 20.1. The number of hydrogen-bond acceptors (Lipinski definition) is 6. The third-order valence-electron chi connectivity index (χ3n) is 8.53. The number of carbonyl (C=O) groups is 1. The second kappa shape index (κ2) is 18.5. The van der Waals surface area contributed by atoms with Crippen molar-refractivity contribution in [1.82, 2.24) is 10.2 Å². The number of aromatic nitrogens is 2. The number of carbonyl (C=O) groups excluding carboxylic acids is 1. The van der Waals surface area contributed by atoms with Crippen LogP contribution < -0.4 is 9.47 Å². The van der Waals surface area contributed by atoms with Crippen LogP contribution in [-0.4, -0.2) is 22.8 Å². The summed E-state index contributed by atoms with van der Waals surface area (Å²) in [6, 6.07) is 14.0. The van der Waals surface area contributed by atoms with Crippen molar-refractivity contribution >= 4 is 5.97 Å². The van der Waals surface area contributed by atoms with Crippen LogP contribution in [0.15, 0.2) is 36.4 Å². The molecule has 0 amide bonds. The maximum Gasteiger partial charge on any atom is 0.315 e. The van der Waals surface area contributed by atoms with Crippen LogP contribution >= 0.6 is 0 Å². The van der Waals surface area contributed by atoms with E-state index in [9.17, 15) is 10.1 Å². The minimum Gasteiger partial charge on any atom is -0.494 e. The van der Waals surface area contributed by atoms with E-state index < -0.39 is 0 Å². The van der Waals surface area contributed by atoms with Crippen molar-refractivity contribution in [2.45, 2.75) is 129 Å². The molecule has 41 heavy (non-hydrogen) atoms. The Hall–Kier alpha value is -2.94. The van der Waals surface area contributed by atoms with Crippen molar-refractivity contribution < 1.29 is 14.3 Å². The van der Waals surface area contributed by atoms with Gasteiger partial charge in [-0.15, -0.1) is 10.2 Å². The molecule has 3 rings (SSSR count). The first kappa shape index (κ1) is 32.6. The first-order valence-electron chi connectivity index (χ1n) is 16.3. The summed E-state index contributed by atoms with van der Waals surface area (Å²) in [6.07, 6.45) is 20.2. The van der Waals surface area contributed by atoms with Gasteiger partial charge in [-0.3, -0.25) is 4.79 Å². The van der Waals surface area contributed by atoms with Crippen LogP contribution in [0.1, 0.15) is 129 Å². The monoisotopic (exact) mass is 561 g/mol. The van der Waals surface area contributed by atoms with E-state index in [-0.39, 0.29) is 23.2 Å². The Morgan fingerprint density at radius 2 is 1.44 bits per heavy atom. The lowest BCUT2D eigenvalue weighted by atomic mass is 9.69. The molecule has 0 atom stereocenters. The summed E-state index contributed by atoms with van der Waals surface area (Å²) in [5, 5.41) is 18.3. The molecule has 1 fully saturated rings. The fourth-order valence-corrected chi connectivity index (χ4v) is 5.75. The molecule has 6 heteroatoms. The lowest BCUT2D eigenvalue weighted by Crippen LogP contribution is -2.31. The maximum atomic E-state index is 12.8. The first-order valence-corrected chi connectivity index (χ1v) is 16.3. The molecule has 1 saturated carbocycles. The van der Waals surface area contributed by atoms with Gasteiger partial charge in [-0.2, -0.15) is 5.26 Å². The van der Waals surface area contributed by atoms with E-state index in [1.165, 1.54) is 70.6 Å². The zero-order chi connectivity index (χ0) is 29.2. The molecular formula is C35H51N3O3. The minimum absolute atomic E-state index is 0.184. The van der Waals surface area contributed by atoms with Gasteiger partial charge in [-0.25, -0.2) is 0 Å². The molecule has 224 valence electrons. The molecule has 1 aromatic heterocycles. The van der Waals surface area contributed by atoms with E-state index in [4.69, 9.17) is 9.47 Å². The zero-order valence-electron chi connectivity index (χ0n) is 25.5. The summed E-state index contributed by atoms with van der Waals surface area (Å²) in [5.74, 6) is 0.632. The highest BCUT2D eigenvalue weighted by atomic mass is 16.5. The van der Waals surface area contributed by atoms with Crippen molar-refractivity contribution in [3.63, 3.8) is 0 Å². The van der Waals surface area contributed by atoms with Gasteiger partial charge in [0.2, 0.25) is 5.88 Å². The highest BCUT2D eigenvalue weighted by molar-refractivity contribution is 5.75. The molecule has 0 aliphatic heterocycles. The van der Waals surface area contributed by atoms with E-state index >= 15 is 0 Å². The molecule has 1 aliphatic rings. The number of rotatable bonds is 19. The maximum absolute atomic E-state index is 12.8. The van der Waals surface area contributed by atoms with E-state index in [1.807, 2.05) is 30.3 Å². The summed E-state index contributed by atoms with van der Waals surface area (Å²) in [6.45, 7) is 5.21. The number of hydrogen-bond donors (Lipinski definition) is 0. The Morgan fingerprint density at radius 1 is 0.829 bits per heavy atom.